The fraction of sp³-hybridized carbons (Fsp3) is 0.833. The number of nitrogen functional groups attached to an aromatic ring is 1. The molecule has 21 heavy (non-hydrogen) atoms. The fourth-order valence-corrected chi connectivity index (χ4v) is 3.47. The number of nitrogens with two attached hydrogens (primary N) is 1. The van der Waals surface area contributed by atoms with Gasteiger partial charge in [0.1, 0.15) is 11.6 Å². The highest BCUT2D eigenvalue weighted by molar-refractivity contribution is 5.43. The summed E-state index contributed by atoms with van der Waals surface area (Å²) in [6.45, 7) is 15.7. The van der Waals surface area contributed by atoms with Crippen LogP contribution < -0.4 is 5.73 Å². The molecule has 2 N–H and O–H groups in total. The molecule has 120 valence electrons. The lowest BCUT2D eigenvalue weighted by Crippen LogP contribution is -2.30. The van der Waals surface area contributed by atoms with E-state index in [1.165, 1.54) is 25.7 Å². The Bertz CT molecular complexity index is 492. The summed E-state index contributed by atoms with van der Waals surface area (Å²) in [5.74, 6) is 3.42. The Morgan fingerprint density at radius 1 is 1.00 bits per heavy atom. The van der Waals surface area contributed by atoms with E-state index >= 15 is 0 Å². The Balaban J connectivity index is 2.47. The molecule has 0 aliphatic heterocycles. The Morgan fingerprint density at radius 2 is 1.52 bits per heavy atom. The van der Waals surface area contributed by atoms with E-state index in [0.29, 0.717) is 5.92 Å². The van der Waals surface area contributed by atoms with E-state index in [1.54, 1.807) is 0 Å². The lowest BCUT2D eigenvalue weighted by Gasteiger charge is -2.30. The van der Waals surface area contributed by atoms with Gasteiger partial charge in [0.15, 0.2) is 0 Å². The van der Waals surface area contributed by atoms with Gasteiger partial charge in [-0.25, -0.2) is 4.98 Å². The smallest absolute Gasteiger partial charge is 0.127 e. The zero-order valence-electron chi connectivity index (χ0n) is 15.0. The molecule has 2 rings (SSSR count). The van der Waals surface area contributed by atoms with Gasteiger partial charge in [-0.3, -0.25) is 0 Å². The van der Waals surface area contributed by atoms with Gasteiger partial charge in [-0.1, -0.05) is 40.5 Å². The summed E-state index contributed by atoms with van der Waals surface area (Å²) in [4.78, 5) is 5.03. The minimum absolute atomic E-state index is 0.0155. The predicted molar refractivity (Wildman–Crippen MR) is 90.7 cm³/mol. The van der Waals surface area contributed by atoms with Crippen molar-refractivity contribution in [3.8, 4) is 0 Å². The SMILES string of the molecule is CC1CCC(c2nc(C(C)(C)C)n(C(C)(C)C)c2N)CC1. The maximum absolute atomic E-state index is 6.55. The van der Waals surface area contributed by atoms with E-state index in [4.69, 9.17) is 10.7 Å². The fourth-order valence-electron chi connectivity index (χ4n) is 3.47. The van der Waals surface area contributed by atoms with Gasteiger partial charge in [0.2, 0.25) is 0 Å². The highest BCUT2D eigenvalue weighted by Crippen LogP contribution is 2.40. The third-order valence-electron chi connectivity index (χ3n) is 4.69. The summed E-state index contributed by atoms with van der Waals surface area (Å²) < 4.78 is 2.26. The summed E-state index contributed by atoms with van der Waals surface area (Å²) in [5.41, 5.74) is 7.69. The third-order valence-corrected chi connectivity index (χ3v) is 4.69. The van der Waals surface area contributed by atoms with E-state index in [0.717, 1.165) is 23.3 Å². The van der Waals surface area contributed by atoms with Crippen molar-refractivity contribution in [2.45, 2.75) is 91.0 Å². The van der Waals surface area contributed by atoms with Gasteiger partial charge in [-0.15, -0.1) is 0 Å². The van der Waals surface area contributed by atoms with Crippen molar-refractivity contribution in [3.63, 3.8) is 0 Å². The van der Waals surface area contributed by atoms with E-state index in [2.05, 4.69) is 53.0 Å². The molecular weight excluding hydrogens is 258 g/mol. The molecule has 0 saturated heterocycles. The van der Waals surface area contributed by atoms with Crippen molar-refractivity contribution >= 4 is 5.82 Å². The molecule has 1 fully saturated rings. The van der Waals surface area contributed by atoms with Gasteiger partial charge in [0.25, 0.3) is 0 Å². The monoisotopic (exact) mass is 291 g/mol. The van der Waals surface area contributed by atoms with Crippen molar-refractivity contribution in [3.05, 3.63) is 11.5 Å². The predicted octanol–water partition coefficient (Wildman–Crippen LogP) is 4.81. The molecule has 1 heterocycles. The maximum Gasteiger partial charge on any atom is 0.127 e. The summed E-state index contributed by atoms with van der Waals surface area (Å²) in [7, 11) is 0. The highest BCUT2D eigenvalue weighted by Gasteiger charge is 2.33. The van der Waals surface area contributed by atoms with E-state index < -0.39 is 0 Å². The average molecular weight is 291 g/mol. The summed E-state index contributed by atoms with van der Waals surface area (Å²) in [5, 5.41) is 0. The summed E-state index contributed by atoms with van der Waals surface area (Å²) >= 11 is 0. The zero-order chi connectivity index (χ0) is 16.0. The topological polar surface area (TPSA) is 43.8 Å². The van der Waals surface area contributed by atoms with Crippen molar-refractivity contribution < 1.29 is 0 Å². The zero-order valence-corrected chi connectivity index (χ0v) is 15.0. The van der Waals surface area contributed by atoms with Crippen LogP contribution in [0.15, 0.2) is 0 Å². The number of imidazole rings is 1. The van der Waals surface area contributed by atoms with Crippen molar-refractivity contribution in [2.75, 3.05) is 5.73 Å². The number of nitrogens with zero attached hydrogens (tertiary/aromatic N) is 2. The van der Waals surface area contributed by atoms with Crippen LogP contribution in [-0.2, 0) is 11.0 Å². The number of rotatable bonds is 1. The van der Waals surface area contributed by atoms with E-state index in [9.17, 15) is 0 Å². The van der Waals surface area contributed by atoms with Gasteiger partial charge in [-0.2, -0.15) is 0 Å². The summed E-state index contributed by atoms with van der Waals surface area (Å²) in [6.07, 6.45) is 5.07. The van der Waals surface area contributed by atoms with Crippen LogP contribution in [0, 0.1) is 5.92 Å². The Morgan fingerprint density at radius 3 is 1.90 bits per heavy atom. The molecule has 0 radical (unpaired) electrons. The van der Waals surface area contributed by atoms with Gasteiger partial charge in [0.05, 0.1) is 5.69 Å². The van der Waals surface area contributed by atoms with Gasteiger partial charge < -0.3 is 10.3 Å². The van der Waals surface area contributed by atoms with Gasteiger partial charge in [-0.05, 0) is 39.5 Å². The molecule has 1 aliphatic rings. The number of anilines is 1. The number of aromatic nitrogens is 2. The van der Waals surface area contributed by atoms with Crippen LogP contribution in [0.4, 0.5) is 5.82 Å². The minimum atomic E-state index is -0.0279. The van der Waals surface area contributed by atoms with E-state index in [-0.39, 0.29) is 11.0 Å². The van der Waals surface area contributed by atoms with Crippen LogP contribution in [-0.4, -0.2) is 9.55 Å². The lowest BCUT2D eigenvalue weighted by atomic mass is 9.81. The van der Waals surface area contributed by atoms with Crippen molar-refractivity contribution in [2.24, 2.45) is 5.92 Å². The first-order valence-electron chi connectivity index (χ1n) is 8.41. The second-order valence-electron chi connectivity index (χ2n) is 8.92. The quantitative estimate of drug-likeness (QED) is 0.806. The molecule has 0 amide bonds. The second-order valence-corrected chi connectivity index (χ2v) is 8.92. The molecule has 0 bridgehead atoms. The van der Waals surface area contributed by atoms with Crippen LogP contribution in [0.5, 0.6) is 0 Å². The van der Waals surface area contributed by atoms with Crippen LogP contribution in [0.25, 0.3) is 0 Å². The van der Waals surface area contributed by atoms with Crippen molar-refractivity contribution in [1.82, 2.24) is 9.55 Å². The number of hydrogen-bond acceptors (Lipinski definition) is 2. The first-order valence-corrected chi connectivity index (χ1v) is 8.41. The first-order chi connectivity index (χ1) is 9.51. The second kappa shape index (κ2) is 5.33. The molecule has 3 heteroatoms. The van der Waals surface area contributed by atoms with Gasteiger partial charge in [0, 0.05) is 16.9 Å². The molecular formula is C18H33N3. The Labute approximate surface area is 130 Å². The molecule has 3 nitrogen and oxygen atoms in total. The standard InChI is InChI=1S/C18H33N3/c1-12-8-10-13(11-9-12)14-15(19)21(18(5,6)7)16(20-14)17(2,3)4/h12-13H,8-11,19H2,1-7H3. The maximum atomic E-state index is 6.55. The molecule has 0 aromatic carbocycles. The molecule has 1 saturated carbocycles. The third kappa shape index (κ3) is 3.27. The molecule has 1 aliphatic carbocycles. The van der Waals surface area contributed by atoms with Crippen LogP contribution in [0.2, 0.25) is 0 Å². The minimum Gasteiger partial charge on any atom is -0.384 e. The first kappa shape index (κ1) is 16.4. The van der Waals surface area contributed by atoms with Crippen LogP contribution in [0.3, 0.4) is 0 Å². The van der Waals surface area contributed by atoms with E-state index in [1.807, 2.05) is 0 Å². The largest absolute Gasteiger partial charge is 0.384 e. The normalized spacial score (nSPS) is 24.3. The molecule has 0 atom stereocenters. The summed E-state index contributed by atoms with van der Waals surface area (Å²) in [6, 6.07) is 0. The van der Waals surface area contributed by atoms with Crippen LogP contribution >= 0.6 is 0 Å². The van der Waals surface area contributed by atoms with Gasteiger partial charge >= 0.3 is 0 Å². The molecule has 1 aromatic rings. The highest BCUT2D eigenvalue weighted by atomic mass is 15.2. The lowest BCUT2D eigenvalue weighted by molar-refractivity contribution is 0.344. The Hall–Kier alpha value is -0.990. The van der Waals surface area contributed by atoms with Crippen molar-refractivity contribution in [1.29, 1.82) is 0 Å². The molecule has 0 unspecified atom stereocenters. The molecule has 1 aromatic heterocycles. The Kier molecular flexibility index (Phi) is 4.16. The van der Waals surface area contributed by atoms with Crippen LogP contribution in [0.1, 0.15) is 91.6 Å². The molecule has 0 spiro atoms. The number of hydrogen-bond donors (Lipinski definition) is 1. The average Bonchev–Trinajstić information content (AvgIpc) is 2.67.